The van der Waals surface area contributed by atoms with Gasteiger partial charge in [-0.3, -0.25) is 25.2 Å². The molecule has 0 spiro atoms. The minimum atomic E-state index is -1.11. The molecule has 19 heteroatoms. The molecule has 16 nitrogen and oxygen atoms in total. The quantitative estimate of drug-likeness (QED) is 0.138. The third-order valence-electron chi connectivity index (χ3n) is 10.5. The van der Waals surface area contributed by atoms with Crippen molar-refractivity contribution in [2.75, 3.05) is 56.4 Å². The van der Waals surface area contributed by atoms with Gasteiger partial charge < -0.3 is 20.6 Å². The van der Waals surface area contributed by atoms with E-state index in [0.29, 0.717) is 47.3 Å². The van der Waals surface area contributed by atoms with Crippen LogP contribution < -0.4 is 36.0 Å². The summed E-state index contributed by atoms with van der Waals surface area (Å²) in [6.07, 6.45) is 7.43. The Bertz CT molecular complexity index is 2070. The molecule has 4 atom stereocenters. The van der Waals surface area contributed by atoms with E-state index in [9.17, 15) is 24.3 Å². The number of aromatic nitrogens is 4. The van der Waals surface area contributed by atoms with Crippen molar-refractivity contribution in [3.63, 3.8) is 0 Å². The van der Waals surface area contributed by atoms with E-state index in [1.54, 1.807) is 64.7 Å². The van der Waals surface area contributed by atoms with Gasteiger partial charge in [-0.1, -0.05) is 39.3 Å². The van der Waals surface area contributed by atoms with Crippen LogP contribution in [-0.4, -0.2) is 93.2 Å². The summed E-state index contributed by atoms with van der Waals surface area (Å²) in [4.78, 5) is 74.4. The maximum atomic E-state index is 13.1. The lowest BCUT2D eigenvalue weighted by Crippen LogP contribution is -2.48. The van der Waals surface area contributed by atoms with Crippen LogP contribution in [0, 0.1) is 5.92 Å². The number of carboxylic acid groups (broad SMARTS) is 1. The summed E-state index contributed by atoms with van der Waals surface area (Å²) < 4.78 is 0. The van der Waals surface area contributed by atoms with Gasteiger partial charge in [-0.2, -0.15) is 40.5 Å². The van der Waals surface area contributed by atoms with Crippen molar-refractivity contribution in [2.45, 2.75) is 77.9 Å². The Kier molecular flexibility index (Phi) is 18.5. The Balaban J connectivity index is 0.000000278. The number of aromatic carboxylic acids is 1. The smallest absolute Gasteiger partial charge is 0.354 e. The number of fused-ring (bicyclic) bond motifs is 8. The maximum Gasteiger partial charge on any atom is 0.354 e. The first-order valence-corrected chi connectivity index (χ1v) is 19.5. The summed E-state index contributed by atoms with van der Waals surface area (Å²) in [5.74, 6) is 1.12. The van der Waals surface area contributed by atoms with Gasteiger partial charge in [-0.25, -0.2) is 34.3 Å². The normalized spacial score (nSPS) is 17.2. The fraction of sp³-hybridized carbons (Fsp3) is 0.415. The molecule has 0 radical (unpaired) electrons. The number of rotatable bonds is 8. The number of amides is 4. The lowest BCUT2D eigenvalue weighted by Gasteiger charge is -2.35. The number of nitrogens with two attached hydrogens (primary N) is 1. The number of ketones is 1. The van der Waals surface area contributed by atoms with Crippen LogP contribution in [0.5, 0.6) is 0 Å². The second-order valence-electron chi connectivity index (χ2n) is 14.7. The van der Waals surface area contributed by atoms with E-state index in [2.05, 4.69) is 61.1 Å². The lowest BCUT2D eigenvalue weighted by atomic mass is 10.00. The molecule has 5 N–H and O–H groups in total. The van der Waals surface area contributed by atoms with Crippen LogP contribution in [0.3, 0.4) is 0 Å². The number of anilines is 6. The van der Waals surface area contributed by atoms with Crippen LogP contribution in [0.2, 0.25) is 0 Å². The fourth-order valence-corrected chi connectivity index (χ4v) is 7.00. The first kappa shape index (κ1) is 49.3. The zero-order valence-corrected chi connectivity index (χ0v) is 37.3. The van der Waals surface area contributed by atoms with Crippen LogP contribution in [-0.2, 0) is 0 Å². The van der Waals surface area contributed by atoms with Crippen LogP contribution in [0.15, 0.2) is 73.1 Å². The third-order valence-corrected chi connectivity index (χ3v) is 10.5. The third kappa shape index (κ3) is 11.6. The molecule has 2 fully saturated rings. The first-order chi connectivity index (χ1) is 27.5. The standard InChI is InChI=1S/C21H25N5O2.C16H15N5O3.C4H11N.3H2S/c1-3-14(2)12-18(27)16-7-8-17-20(23-16)26(15-9-11-25(17)13-15)21(28)24-19-6-4-5-10-22-19;22-15(23)11-4-5-12-14(18-11)21(10-6-8-20(12)9-10)16(24)19-13-3-1-2-7-17-13;1-3-4(2)5;;;/h4-8,10,14-15H,3,9,11-13H2,1-2H3,(H,22,24,28);1-5,7,10H,6,8-9H2,(H,22,23)(H,17,19,24);4H,3,5H2,1-2H3;3*1H2/t14-,15-;10-;4-;;;/m000.../s1. The summed E-state index contributed by atoms with van der Waals surface area (Å²) in [6.45, 7) is 11.4. The summed E-state index contributed by atoms with van der Waals surface area (Å²) in [5.41, 5.74) is 7.33. The Labute approximate surface area is 372 Å². The maximum absolute atomic E-state index is 13.1. The minimum Gasteiger partial charge on any atom is -0.477 e. The molecule has 4 aromatic rings. The summed E-state index contributed by atoms with van der Waals surface area (Å²) in [7, 11) is 0. The number of carbonyl (C=O) groups is 4. The number of urea groups is 2. The average molecular weight is 880 g/mol. The Morgan fingerprint density at radius 1 is 0.717 bits per heavy atom. The summed E-state index contributed by atoms with van der Waals surface area (Å²) in [6, 6.07) is 17.3. The number of carboxylic acids is 1. The molecule has 4 bridgehead atoms. The molecule has 0 unspecified atom stereocenters. The molecule has 4 amide bonds. The summed E-state index contributed by atoms with van der Waals surface area (Å²) in [5, 5.41) is 14.8. The van der Waals surface area contributed by atoms with Gasteiger partial charge >= 0.3 is 18.0 Å². The van der Waals surface area contributed by atoms with Gasteiger partial charge in [-0.15, -0.1) is 0 Å². The van der Waals surface area contributed by atoms with Crippen LogP contribution in [0.4, 0.5) is 44.2 Å². The number of nitrogens with zero attached hydrogens (tertiary/aromatic N) is 8. The highest BCUT2D eigenvalue weighted by atomic mass is 32.1. The van der Waals surface area contributed by atoms with Crippen molar-refractivity contribution in [3.8, 4) is 0 Å². The van der Waals surface area contributed by atoms with E-state index in [0.717, 1.165) is 63.2 Å². The predicted octanol–water partition coefficient (Wildman–Crippen LogP) is 6.61. The molecule has 4 aliphatic heterocycles. The molecule has 8 rings (SSSR count). The van der Waals surface area contributed by atoms with Crippen molar-refractivity contribution < 1.29 is 24.3 Å². The van der Waals surface area contributed by atoms with Gasteiger partial charge in [0.05, 0.1) is 23.5 Å². The van der Waals surface area contributed by atoms with E-state index in [1.807, 2.05) is 19.1 Å². The van der Waals surface area contributed by atoms with Crippen LogP contribution in [0.25, 0.3) is 0 Å². The highest BCUT2D eigenvalue weighted by Gasteiger charge is 2.42. The van der Waals surface area contributed by atoms with E-state index >= 15 is 0 Å². The number of Topliss-reactive ketones (excluding diaryl/α,β-unsaturated/α-hetero) is 1. The zero-order chi connectivity index (χ0) is 40.6. The molecule has 0 saturated carbocycles. The van der Waals surface area contributed by atoms with E-state index in [-0.39, 0.29) is 76.1 Å². The van der Waals surface area contributed by atoms with Gasteiger partial charge in [0.15, 0.2) is 23.1 Å². The highest BCUT2D eigenvalue weighted by Crippen LogP contribution is 2.40. The summed E-state index contributed by atoms with van der Waals surface area (Å²) >= 11 is 0. The topological polar surface area (TPSA) is 203 Å². The lowest BCUT2D eigenvalue weighted by molar-refractivity contribution is 0.0690. The number of carbonyl (C=O) groups excluding carboxylic acids is 3. The van der Waals surface area contributed by atoms with Gasteiger partial charge in [0.25, 0.3) is 0 Å². The Morgan fingerprint density at radius 3 is 1.57 bits per heavy atom. The molecule has 4 aliphatic rings. The second kappa shape index (κ2) is 22.5. The first-order valence-electron chi connectivity index (χ1n) is 19.5. The fourth-order valence-electron chi connectivity index (χ4n) is 7.00. The molecular weight excluding hydrogens is 823 g/mol. The van der Waals surface area contributed by atoms with Crippen molar-refractivity contribution in [1.82, 2.24) is 19.9 Å². The average Bonchev–Trinajstić information content (AvgIpc) is 3.84. The van der Waals surface area contributed by atoms with Gasteiger partial charge in [0.2, 0.25) is 0 Å². The monoisotopic (exact) mass is 879 g/mol. The SMILES string of the molecule is CC[C@H](C)CC(=O)c1ccc2c(n1)N(C(=O)Nc1ccccn1)[C@H]1CCN2C1.CC[C@H](C)N.O=C(O)c1ccc2c(n1)N(C(=O)Nc1ccccn1)[C@H]1CCN2C1.S.S.S. The molecule has 2 saturated heterocycles. The van der Waals surface area contributed by atoms with Crippen molar-refractivity contribution in [2.24, 2.45) is 11.7 Å². The number of hydrogen-bond donors (Lipinski definition) is 4. The molecule has 0 aliphatic carbocycles. The molecule has 8 heterocycles. The van der Waals surface area contributed by atoms with Crippen molar-refractivity contribution in [1.29, 1.82) is 0 Å². The molecule has 324 valence electrons. The van der Waals surface area contributed by atoms with Crippen LogP contribution >= 0.6 is 40.5 Å². The van der Waals surface area contributed by atoms with Crippen molar-refractivity contribution in [3.05, 3.63) is 84.4 Å². The molecule has 0 aromatic carbocycles. The molecule has 4 aromatic heterocycles. The van der Waals surface area contributed by atoms with Gasteiger partial charge in [0, 0.05) is 51.0 Å². The molecule has 60 heavy (non-hydrogen) atoms. The predicted molar refractivity (Wildman–Crippen MR) is 252 cm³/mol. The van der Waals surface area contributed by atoms with E-state index in [1.165, 1.54) is 6.07 Å². The molecular formula is C41H57N11O5S3. The number of nitrogens with one attached hydrogen (secondary N) is 2. The Morgan fingerprint density at radius 2 is 1.17 bits per heavy atom. The van der Waals surface area contributed by atoms with Gasteiger partial charge in [-0.05, 0) is 80.6 Å². The van der Waals surface area contributed by atoms with Crippen LogP contribution in [0.1, 0.15) is 80.8 Å². The minimum absolute atomic E-state index is 0. The highest BCUT2D eigenvalue weighted by molar-refractivity contribution is 7.59. The van der Waals surface area contributed by atoms with Gasteiger partial charge in [0.1, 0.15) is 17.3 Å². The van der Waals surface area contributed by atoms with E-state index < -0.39 is 5.97 Å². The largest absolute Gasteiger partial charge is 0.477 e. The number of hydrogen-bond acceptors (Lipinski definition) is 11. The Hall–Kier alpha value is -5.11. The van der Waals surface area contributed by atoms with Crippen molar-refractivity contribution >= 4 is 98.9 Å². The zero-order valence-electron chi connectivity index (χ0n) is 34.3. The van der Waals surface area contributed by atoms with E-state index in [4.69, 9.17) is 5.73 Å². The number of pyridine rings is 4. The second-order valence-corrected chi connectivity index (χ2v) is 14.7.